The highest BCUT2D eigenvalue weighted by Gasteiger charge is 2.60. The van der Waals surface area contributed by atoms with Crippen LogP contribution < -0.4 is 9.80 Å². The number of para-hydroxylation sites is 2. The first-order valence-corrected chi connectivity index (χ1v) is 13.6. The molecule has 10 nitrogen and oxygen atoms in total. The number of benzene rings is 4. The second kappa shape index (κ2) is 9.88. The van der Waals surface area contributed by atoms with Crippen molar-refractivity contribution in [2.75, 3.05) is 16.3 Å². The Kier molecular flexibility index (Phi) is 5.98. The molecule has 1 saturated heterocycles. The summed E-state index contributed by atoms with van der Waals surface area (Å²) in [7, 11) is 0. The molecule has 10 heteroatoms. The van der Waals surface area contributed by atoms with Gasteiger partial charge in [0.25, 0.3) is 29.5 Å². The van der Waals surface area contributed by atoms with Crippen LogP contribution >= 0.6 is 0 Å². The molecule has 4 aromatic rings. The maximum atomic E-state index is 14.3. The van der Waals surface area contributed by atoms with Crippen molar-refractivity contribution in [1.82, 2.24) is 9.80 Å². The Labute approximate surface area is 245 Å². The normalized spacial score (nSPS) is 19.0. The van der Waals surface area contributed by atoms with E-state index in [2.05, 4.69) is 0 Å². The van der Waals surface area contributed by atoms with Gasteiger partial charge in [0.2, 0.25) is 5.91 Å². The van der Waals surface area contributed by atoms with E-state index >= 15 is 0 Å². The number of nitrogens with zero attached hydrogens (tertiary/aromatic N) is 4. The molecule has 3 aliphatic heterocycles. The van der Waals surface area contributed by atoms with Gasteiger partial charge in [-0.2, -0.15) is 0 Å². The van der Waals surface area contributed by atoms with Crippen molar-refractivity contribution >= 4 is 46.8 Å². The maximum absolute atomic E-state index is 14.3. The van der Waals surface area contributed by atoms with E-state index in [1.807, 2.05) is 0 Å². The van der Waals surface area contributed by atoms with Crippen LogP contribution in [0.25, 0.3) is 0 Å². The third-order valence-corrected chi connectivity index (χ3v) is 7.91. The minimum Gasteiger partial charge on any atom is -0.287 e. The topological polar surface area (TPSA) is 115 Å². The molecule has 2 atom stereocenters. The van der Waals surface area contributed by atoms with Gasteiger partial charge in [-0.1, -0.05) is 60.7 Å². The molecule has 0 aliphatic carbocycles. The summed E-state index contributed by atoms with van der Waals surface area (Å²) in [5, 5.41) is 0. The molecule has 210 valence electrons. The Hall–Kier alpha value is -5.90. The first kappa shape index (κ1) is 26.0. The van der Waals surface area contributed by atoms with E-state index in [0.29, 0.717) is 11.4 Å². The number of imide groups is 2. The lowest BCUT2D eigenvalue weighted by molar-refractivity contribution is -0.131. The second-order valence-corrected chi connectivity index (χ2v) is 10.3. The summed E-state index contributed by atoms with van der Waals surface area (Å²) in [5.41, 5.74) is 1.52. The van der Waals surface area contributed by atoms with Gasteiger partial charge in [-0.25, -0.2) is 0 Å². The van der Waals surface area contributed by atoms with Crippen molar-refractivity contribution in [1.29, 1.82) is 0 Å². The molecule has 1 fully saturated rings. The average Bonchev–Trinajstić information content (AvgIpc) is 3.43. The summed E-state index contributed by atoms with van der Waals surface area (Å²) in [6.45, 7) is -0.622. The molecule has 0 saturated carbocycles. The molecule has 7 rings (SSSR count). The number of β-lactam (4-membered cyclic amide) rings is 1. The van der Waals surface area contributed by atoms with E-state index in [1.54, 1.807) is 84.9 Å². The Morgan fingerprint density at radius 1 is 0.558 bits per heavy atom. The van der Waals surface area contributed by atoms with E-state index in [-0.39, 0.29) is 22.3 Å². The molecular weight excluding hydrogens is 548 g/mol. The third kappa shape index (κ3) is 3.87. The SMILES string of the molecule is O=C1c2ccccc2C(=O)N1CC(=O)N(c1ccccc1)[C@@H]1[C@@H](N2C(=O)c3ccccc3C2=O)C(=O)N1c1ccccc1. The molecule has 0 bridgehead atoms. The average molecular weight is 571 g/mol. The van der Waals surface area contributed by atoms with Crippen LogP contribution in [0.15, 0.2) is 109 Å². The van der Waals surface area contributed by atoms with Crippen molar-refractivity contribution in [2.24, 2.45) is 0 Å². The molecule has 4 aromatic carbocycles. The van der Waals surface area contributed by atoms with Crippen molar-refractivity contribution < 1.29 is 28.8 Å². The van der Waals surface area contributed by atoms with Gasteiger partial charge >= 0.3 is 0 Å². The molecule has 0 radical (unpaired) electrons. The standard InChI is InChI=1S/C33H22N4O6/c38-26(19-34-29(39)22-15-7-8-16-23(22)30(34)40)35(20-11-3-1-4-12-20)28-27(33(43)36(28)21-13-5-2-6-14-21)37-31(41)24-17-9-10-18-25(24)32(37)42/h1-18,27-28H,19H2/t27-,28+/m1/s1. The summed E-state index contributed by atoms with van der Waals surface area (Å²) in [6.07, 6.45) is -1.16. The Morgan fingerprint density at radius 3 is 1.51 bits per heavy atom. The van der Waals surface area contributed by atoms with Crippen molar-refractivity contribution in [3.63, 3.8) is 0 Å². The van der Waals surface area contributed by atoms with E-state index in [9.17, 15) is 28.8 Å². The first-order chi connectivity index (χ1) is 20.9. The first-order valence-electron chi connectivity index (χ1n) is 13.6. The van der Waals surface area contributed by atoms with Crippen LogP contribution in [-0.2, 0) is 9.59 Å². The Balaban J connectivity index is 1.32. The smallest absolute Gasteiger partial charge is 0.262 e. The van der Waals surface area contributed by atoms with Crippen LogP contribution in [0.2, 0.25) is 0 Å². The summed E-state index contributed by atoms with van der Waals surface area (Å²) in [6, 6.07) is 28.3. The van der Waals surface area contributed by atoms with Crippen molar-refractivity contribution in [2.45, 2.75) is 12.2 Å². The Morgan fingerprint density at radius 2 is 1.00 bits per heavy atom. The predicted octanol–water partition coefficient (Wildman–Crippen LogP) is 3.35. The van der Waals surface area contributed by atoms with Gasteiger partial charge in [0, 0.05) is 11.4 Å². The molecular formula is C33H22N4O6. The van der Waals surface area contributed by atoms with E-state index in [4.69, 9.17) is 0 Å². The number of amides is 6. The van der Waals surface area contributed by atoms with Crippen LogP contribution in [0.1, 0.15) is 41.4 Å². The molecule has 6 amide bonds. The van der Waals surface area contributed by atoms with Crippen LogP contribution in [0.5, 0.6) is 0 Å². The van der Waals surface area contributed by atoms with Gasteiger partial charge in [0.1, 0.15) is 12.7 Å². The van der Waals surface area contributed by atoms with Crippen molar-refractivity contribution in [3.05, 3.63) is 131 Å². The lowest BCUT2D eigenvalue weighted by Gasteiger charge is -2.53. The quantitative estimate of drug-likeness (QED) is 0.259. The second-order valence-electron chi connectivity index (χ2n) is 10.3. The van der Waals surface area contributed by atoms with Gasteiger partial charge in [0.15, 0.2) is 6.04 Å². The van der Waals surface area contributed by atoms with Gasteiger partial charge in [-0.05, 0) is 48.5 Å². The number of carbonyl (C=O) groups is 6. The number of carbonyl (C=O) groups excluding carboxylic acids is 6. The zero-order valence-corrected chi connectivity index (χ0v) is 22.5. The van der Waals surface area contributed by atoms with Gasteiger partial charge in [0.05, 0.1) is 22.3 Å². The highest BCUT2D eigenvalue weighted by Crippen LogP contribution is 2.39. The fourth-order valence-corrected chi connectivity index (χ4v) is 5.92. The minimum atomic E-state index is -1.36. The third-order valence-electron chi connectivity index (χ3n) is 7.91. The molecule has 0 unspecified atom stereocenters. The summed E-state index contributed by atoms with van der Waals surface area (Å²) >= 11 is 0. The van der Waals surface area contributed by atoms with Crippen LogP contribution in [0.4, 0.5) is 11.4 Å². The number of hydrogen-bond acceptors (Lipinski definition) is 6. The van der Waals surface area contributed by atoms with Crippen LogP contribution in [-0.4, -0.2) is 64.0 Å². The molecule has 3 aliphatic rings. The highest BCUT2D eigenvalue weighted by atomic mass is 16.2. The van der Waals surface area contributed by atoms with Crippen LogP contribution in [0.3, 0.4) is 0 Å². The monoisotopic (exact) mass is 570 g/mol. The fourth-order valence-electron chi connectivity index (χ4n) is 5.92. The predicted molar refractivity (Wildman–Crippen MR) is 154 cm³/mol. The van der Waals surface area contributed by atoms with Gasteiger partial charge in [-0.3, -0.25) is 48.4 Å². The molecule has 0 N–H and O–H groups in total. The summed E-state index contributed by atoms with van der Waals surface area (Å²) in [5.74, 6) is -3.73. The lowest BCUT2D eigenvalue weighted by Crippen LogP contribution is -2.78. The summed E-state index contributed by atoms with van der Waals surface area (Å²) in [4.78, 5) is 85.9. The van der Waals surface area contributed by atoms with E-state index in [1.165, 1.54) is 34.1 Å². The van der Waals surface area contributed by atoms with Gasteiger partial charge < -0.3 is 0 Å². The van der Waals surface area contributed by atoms with Crippen LogP contribution in [0, 0.1) is 0 Å². The molecule has 0 spiro atoms. The lowest BCUT2D eigenvalue weighted by atomic mass is 9.96. The number of rotatable bonds is 6. The minimum absolute atomic E-state index is 0.167. The largest absolute Gasteiger partial charge is 0.287 e. The number of fused-ring (bicyclic) bond motifs is 2. The van der Waals surface area contributed by atoms with Gasteiger partial charge in [-0.15, -0.1) is 0 Å². The summed E-state index contributed by atoms with van der Waals surface area (Å²) < 4.78 is 0. The number of anilines is 2. The highest BCUT2D eigenvalue weighted by molar-refractivity contribution is 6.26. The van der Waals surface area contributed by atoms with E-state index < -0.39 is 54.2 Å². The Bertz CT molecular complexity index is 1790. The van der Waals surface area contributed by atoms with E-state index in [0.717, 1.165) is 9.80 Å². The maximum Gasteiger partial charge on any atom is 0.262 e. The zero-order chi connectivity index (χ0) is 29.8. The fraction of sp³-hybridized carbons (Fsp3) is 0.0909. The molecule has 3 heterocycles. The zero-order valence-electron chi connectivity index (χ0n) is 22.5. The molecule has 0 aromatic heterocycles. The number of hydrogen-bond donors (Lipinski definition) is 0. The molecule has 43 heavy (non-hydrogen) atoms. The van der Waals surface area contributed by atoms with Crippen molar-refractivity contribution in [3.8, 4) is 0 Å².